The molecule has 21 heavy (non-hydrogen) atoms. The molecule has 1 aromatic heterocycles. The molecule has 1 rings (SSSR count). The minimum Gasteiger partial charge on any atom is -0.348 e. The van der Waals surface area contributed by atoms with Gasteiger partial charge in [0.25, 0.3) is 15.0 Å². The summed E-state index contributed by atoms with van der Waals surface area (Å²) in [5, 5.41) is 2.94. The molecule has 0 aromatic carbocycles. The predicted molar refractivity (Wildman–Crippen MR) is 84.2 cm³/mol. The van der Waals surface area contributed by atoms with Crippen LogP contribution >= 0.6 is 10.7 Å². The fraction of sp³-hybridized carbons (Fsp3) is 0.643. The first-order valence-electron chi connectivity index (χ1n) is 7.05. The number of halogens is 1. The number of amides is 1. The highest BCUT2D eigenvalue weighted by molar-refractivity contribution is 8.13. The van der Waals surface area contributed by atoms with E-state index in [9.17, 15) is 13.2 Å². The second-order valence-corrected chi connectivity index (χ2v) is 8.30. The number of rotatable bonds is 6. The van der Waals surface area contributed by atoms with E-state index in [0.29, 0.717) is 11.6 Å². The van der Waals surface area contributed by atoms with Crippen LogP contribution in [0.3, 0.4) is 0 Å². The maximum absolute atomic E-state index is 12.4. The summed E-state index contributed by atoms with van der Waals surface area (Å²) >= 11 is 0. The molecule has 0 aliphatic heterocycles. The molecule has 0 saturated heterocycles. The molecule has 1 aromatic rings. The number of hydrogen-bond acceptors (Lipinski definition) is 3. The zero-order valence-corrected chi connectivity index (χ0v) is 14.6. The molecule has 1 amide bonds. The van der Waals surface area contributed by atoms with Crippen LogP contribution in [0.5, 0.6) is 0 Å². The molecule has 0 saturated carbocycles. The second kappa shape index (κ2) is 6.83. The van der Waals surface area contributed by atoms with Crippen LogP contribution in [0.15, 0.2) is 17.2 Å². The highest BCUT2D eigenvalue weighted by Gasteiger charge is 2.23. The molecular weight excluding hydrogens is 312 g/mol. The van der Waals surface area contributed by atoms with Crippen molar-refractivity contribution in [2.45, 2.75) is 58.0 Å². The maximum Gasteiger partial charge on any atom is 0.268 e. The van der Waals surface area contributed by atoms with Crippen molar-refractivity contribution in [3.05, 3.63) is 18.0 Å². The topological polar surface area (TPSA) is 68.2 Å². The van der Waals surface area contributed by atoms with Crippen LogP contribution in [0, 0.1) is 5.92 Å². The highest BCUT2D eigenvalue weighted by atomic mass is 35.7. The molecule has 7 heteroatoms. The molecule has 5 nitrogen and oxygen atoms in total. The predicted octanol–water partition coefficient (Wildman–Crippen LogP) is 3.16. The summed E-state index contributed by atoms with van der Waals surface area (Å²) in [7, 11) is 1.51. The molecule has 1 heterocycles. The van der Waals surface area contributed by atoms with E-state index in [1.165, 1.54) is 12.3 Å². The van der Waals surface area contributed by atoms with Gasteiger partial charge in [-0.3, -0.25) is 4.79 Å². The Morgan fingerprint density at radius 2 is 1.90 bits per heavy atom. The summed E-state index contributed by atoms with van der Waals surface area (Å²) in [6.07, 6.45) is 2.21. The lowest BCUT2D eigenvalue weighted by Crippen LogP contribution is -2.39. The molecule has 1 unspecified atom stereocenters. The van der Waals surface area contributed by atoms with Gasteiger partial charge in [-0.15, -0.1) is 0 Å². The van der Waals surface area contributed by atoms with Crippen molar-refractivity contribution in [2.24, 2.45) is 5.92 Å². The van der Waals surface area contributed by atoms with E-state index in [1.807, 2.05) is 34.6 Å². The van der Waals surface area contributed by atoms with Gasteiger partial charge in [0.05, 0.1) is 0 Å². The zero-order valence-electron chi connectivity index (χ0n) is 13.1. The van der Waals surface area contributed by atoms with Gasteiger partial charge in [-0.25, -0.2) is 8.42 Å². The Kier molecular flexibility index (Phi) is 5.87. The fourth-order valence-electron chi connectivity index (χ4n) is 2.18. The van der Waals surface area contributed by atoms with Crippen molar-refractivity contribution < 1.29 is 13.2 Å². The molecule has 0 aliphatic carbocycles. The van der Waals surface area contributed by atoms with Crippen LogP contribution in [-0.2, 0) is 9.05 Å². The average molecular weight is 335 g/mol. The Morgan fingerprint density at radius 1 is 1.33 bits per heavy atom. The summed E-state index contributed by atoms with van der Waals surface area (Å²) in [5.74, 6) is 0.0217. The number of aromatic nitrogens is 1. The first-order valence-corrected chi connectivity index (χ1v) is 9.36. The summed E-state index contributed by atoms with van der Waals surface area (Å²) in [4.78, 5) is 12.4. The van der Waals surface area contributed by atoms with Gasteiger partial charge in [-0.1, -0.05) is 20.8 Å². The van der Waals surface area contributed by atoms with Gasteiger partial charge in [-0.05, 0) is 32.3 Å². The Labute approximate surface area is 131 Å². The first kappa shape index (κ1) is 18.0. The normalized spacial score (nSPS) is 13.7. The molecule has 0 spiro atoms. The highest BCUT2D eigenvalue weighted by Crippen LogP contribution is 2.22. The quantitative estimate of drug-likeness (QED) is 0.812. The SMILES string of the molecule is CCC(NC(=O)c1cc(S(=O)(=O)Cl)cn1C(C)C)C(C)C. The van der Waals surface area contributed by atoms with Crippen LogP contribution in [0.1, 0.15) is 57.6 Å². The molecule has 0 aliphatic rings. The first-order chi connectivity index (χ1) is 9.57. The largest absolute Gasteiger partial charge is 0.348 e. The molecular formula is C14H23ClN2O3S. The molecule has 0 fully saturated rings. The third-order valence-electron chi connectivity index (χ3n) is 3.46. The number of hydrogen-bond donors (Lipinski definition) is 1. The maximum atomic E-state index is 12.4. The summed E-state index contributed by atoms with van der Waals surface area (Å²) < 4.78 is 24.5. The number of carbonyl (C=O) groups is 1. The van der Waals surface area contributed by atoms with Gasteiger partial charge in [0.1, 0.15) is 10.6 Å². The van der Waals surface area contributed by atoms with E-state index < -0.39 is 9.05 Å². The van der Waals surface area contributed by atoms with Gasteiger partial charge >= 0.3 is 0 Å². The second-order valence-electron chi connectivity index (χ2n) is 5.73. The van der Waals surface area contributed by atoms with E-state index in [1.54, 1.807) is 4.57 Å². The number of nitrogens with one attached hydrogen (secondary N) is 1. The third kappa shape index (κ3) is 4.48. The molecule has 120 valence electrons. The van der Waals surface area contributed by atoms with Crippen molar-refractivity contribution >= 4 is 25.6 Å². The minimum atomic E-state index is -3.85. The molecule has 1 atom stereocenters. The van der Waals surface area contributed by atoms with Crippen molar-refractivity contribution in [2.75, 3.05) is 0 Å². The lowest BCUT2D eigenvalue weighted by Gasteiger charge is -2.21. The average Bonchev–Trinajstić information content (AvgIpc) is 2.80. The van der Waals surface area contributed by atoms with Gasteiger partial charge in [0.15, 0.2) is 0 Å². The minimum absolute atomic E-state index is 0.0444. The standard InChI is InChI=1S/C14H23ClN2O3S/c1-6-12(9(2)3)16-14(18)13-7-11(21(15,19)20)8-17(13)10(4)5/h7-10,12H,6H2,1-5H3,(H,16,18). The molecule has 0 bridgehead atoms. The van der Waals surface area contributed by atoms with Crippen LogP contribution in [0.2, 0.25) is 0 Å². The lowest BCUT2D eigenvalue weighted by atomic mass is 10.0. The van der Waals surface area contributed by atoms with E-state index in [2.05, 4.69) is 5.32 Å². The molecule has 0 radical (unpaired) electrons. The molecule has 1 N–H and O–H groups in total. The lowest BCUT2D eigenvalue weighted by molar-refractivity contribution is 0.0913. The van der Waals surface area contributed by atoms with E-state index in [4.69, 9.17) is 10.7 Å². The van der Waals surface area contributed by atoms with E-state index in [-0.39, 0.29) is 22.9 Å². The van der Waals surface area contributed by atoms with Crippen LogP contribution in [0.25, 0.3) is 0 Å². The number of carbonyl (C=O) groups excluding carboxylic acids is 1. The van der Waals surface area contributed by atoms with E-state index >= 15 is 0 Å². The van der Waals surface area contributed by atoms with Crippen LogP contribution in [-0.4, -0.2) is 24.9 Å². The smallest absolute Gasteiger partial charge is 0.268 e. The Morgan fingerprint density at radius 3 is 2.29 bits per heavy atom. The van der Waals surface area contributed by atoms with Crippen molar-refractivity contribution in [1.82, 2.24) is 9.88 Å². The Balaban J connectivity index is 3.17. The van der Waals surface area contributed by atoms with Crippen molar-refractivity contribution in [3.8, 4) is 0 Å². The van der Waals surface area contributed by atoms with Gasteiger partial charge < -0.3 is 9.88 Å². The van der Waals surface area contributed by atoms with Crippen LogP contribution in [0.4, 0.5) is 0 Å². The van der Waals surface area contributed by atoms with Crippen molar-refractivity contribution in [3.63, 3.8) is 0 Å². The van der Waals surface area contributed by atoms with Gasteiger partial charge in [-0.2, -0.15) is 0 Å². The summed E-state index contributed by atoms with van der Waals surface area (Å²) in [6.45, 7) is 9.82. The summed E-state index contributed by atoms with van der Waals surface area (Å²) in [6, 6.07) is 1.33. The van der Waals surface area contributed by atoms with E-state index in [0.717, 1.165) is 6.42 Å². The van der Waals surface area contributed by atoms with Gasteiger partial charge in [0.2, 0.25) is 0 Å². The van der Waals surface area contributed by atoms with Crippen molar-refractivity contribution in [1.29, 1.82) is 0 Å². The Hall–Kier alpha value is -1.01. The monoisotopic (exact) mass is 334 g/mol. The number of nitrogens with zero attached hydrogens (tertiary/aromatic N) is 1. The van der Waals surface area contributed by atoms with Crippen LogP contribution < -0.4 is 5.32 Å². The zero-order chi connectivity index (χ0) is 16.4. The fourth-order valence-corrected chi connectivity index (χ4v) is 2.92. The summed E-state index contributed by atoms with van der Waals surface area (Å²) in [5.41, 5.74) is 0.309. The van der Waals surface area contributed by atoms with Gasteiger partial charge in [0, 0.05) is 29.0 Å². The third-order valence-corrected chi connectivity index (χ3v) is 4.78. The Bertz CT molecular complexity index is 606.